The SMILES string of the molecule is COc1cc(/C=C2\SC(=O)N(Cc3ccc(Cl)cc3Cl)C2=O)cc(Cl)c1OCc1ccc(C)cc1. The summed E-state index contributed by atoms with van der Waals surface area (Å²) in [5.74, 6) is 0.404. The minimum absolute atomic E-state index is 0.0495. The summed E-state index contributed by atoms with van der Waals surface area (Å²) in [6.07, 6.45) is 1.60. The molecule has 5 nitrogen and oxygen atoms in total. The quantitative estimate of drug-likeness (QED) is 0.282. The molecule has 9 heteroatoms. The molecule has 0 spiro atoms. The zero-order valence-corrected chi connectivity index (χ0v) is 21.9. The number of halogens is 3. The molecule has 0 atom stereocenters. The van der Waals surface area contributed by atoms with E-state index in [1.54, 1.807) is 36.4 Å². The van der Waals surface area contributed by atoms with Crippen LogP contribution >= 0.6 is 46.6 Å². The molecule has 180 valence electrons. The van der Waals surface area contributed by atoms with Gasteiger partial charge in [0.1, 0.15) is 6.61 Å². The molecular formula is C26H20Cl3NO4S. The predicted molar refractivity (Wildman–Crippen MR) is 141 cm³/mol. The van der Waals surface area contributed by atoms with Crippen LogP contribution in [0.2, 0.25) is 15.1 Å². The molecule has 0 saturated carbocycles. The van der Waals surface area contributed by atoms with E-state index >= 15 is 0 Å². The molecule has 1 aliphatic rings. The first-order chi connectivity index (χ1) is 16.7. The molecule has 0 aliphatic carbocycles. The Morgan fingerprint density at radius 1 is 0.971 bits per heavy atom. The van der Waals surface area contributed by atoms with E-state index < -0.39 is 5.91 Å². The number of hydrogen-bond acceptors (Lipinski definition) is 5. The molecule has 0 bridgehead atoms. The molecule has 0 radical (unpaired) electrons. The second-order valence-corrected chi connectivity index (χ2v) is 10.1. The van der Waals surface area contributed by atoms with Crippen LogP contribution in [-0.4, -0.2) is 23.2 Å². The van der Waals surface area contributed by atoms with Crippen LogP contribution in [-0.2, 0) is 17.9 Å². The Morgan fingerprint density at radius 3 is 2.40 bits per heavy atom. The van der Waals surface area contributed by atoms with Gasteiger partial charge < -0.3 is 9.47 Å². The van der Waals surface area contributed by atoms with Crippen LogP contribution in [0, 0.1) is 6.92 Å². The first-order valence-corrected chi connectivity index (χ1v) is 12.5. The minimum Gasteiger partial charge on any atom is -0.493 e. The van der Waals surface area contributed by atoms with Gasteiger partial charge in [0.2, 0.25) is 0 Å². The summed E-state index contributed by atoms with van der Waals surface area (Å²) in [5.41, 5.74) is 3.38. The van der Waals surface area contributed by atoms with Gasteiger partial charge in [-0.25, -0.2) is 0 Å². The zero-order chi connectivity index (χ0) is 25.1. The second-order valence-electron chi connectivity index (χ2n) is 7.81. The van der Waals surface area contributed by atoms with Crippen molar-refractivity contribution in [1.29, 1.82) is 0 Å². The largest absolute Gasteiger partial charge is 0.493 e. The molecule has 1 saturated heterocycles. The summed E-state index contributed by atoms with van der Waals surface area (Å²) in [6.45, 7) is 2.39. The molecule has 0 unspecified atom stereocenters. The van der Waals surface area contributed by atoms with Crippen LogP contribution in [0.25, 0.3) is 6.08 Å². The van der Waals surface area contributed by atoms with Crippen molar-refractivity contribution >= 4 is 63.8 Å². The Morgan fingerprint density at radius 2 is 1.71 bits per heavy atom. The van der Waals surface area contributed by atoms with Crippen LogP contribution < -0.4 is 9.47 Å². The molecule has 3 aromatic rings. The molecule has 1 fully saturated rings. The number of benzene rings is 3. The van der Waals surface area contributed by atoms with Crippen molar-refractivity contribution in [3.8, 4) is 11.5 Å². The molecule has 35 heavy (non-hydrogen) atoms. The topological polar surface area (TPSA) is 55.8 Å². The van der Waals surface area contributed by atoms with Gasteiger partial charge in [-0.3, -0.25) is 14.5 Å². The highest BCUT2D eigenvalue weighted by atomic mass is 35.5. The van der Waals surface area contributed by atoms with Crippen molar-refractivity contribution < 1.29 is 19.1 Å². The number of amides is 2. The highest BCUT2D eigenvalue weighted by Crippen LogP contribution is 2.40. The lowest BCUT2D eigenvalue weighted by Gasteiger charge is -2.14. The van der Waals surface area contributed by atoms with E-state index in [1.807, 2.05) is 31.2 Å². The number of carbonyl (C=O) groups is 2. The number of rotatable bonds is 7. The smallest absolute Gasteiger partial charge is 0.293 e. The average molecular weight is 549 g/mol. The monoisotopic (exact) mass is 547 g/mol. The van der Waals surface area contributed by atoms with Gasteiger partial charge in [0.15, 0.2) is 11.5 Å². The standard InChI is InChI=1S/C26H20Cl3NO4S/c1-15-3-5-16(6-4-15)14-34-24-21(29)9-17(10-22(24)33-2)11-23-25(31)30(26(32)35-23)13-18-7-8-19(27)12-20(18)28/h3-12H,13-14H2,1-2H3/b23-11-. The van der Waals surface area contributed by atoms with Crippen molar-refractivity contribution in [3.63, 3.8) is 0 Å². The molecule has 3 aromatic carbocycles. The maximum absolute atomic E-state index is 13.0. The lowest BCUT2D eigenvalue weighted by molar-refractivity contribution is -0.123. The lowest BCUT2D eigenvalue weighted by Crippen LogP contribution is -2.27. The average Bonchev–Trinajstić information content (AvgIpc) is 3.08. The summed E-state index contributed by atoms with van der Waals surface area (Å²) < 4.78 is 11.4. The van der Waals surface area contributed by atoms with Crippen molar-refractivity contribution in [2.24, 2.45) is 0 Å². The third-order valence-corrected chi connectivity index (χ3v) is 7.05. The summed E-state index contributed by atoms with van der Waals surface area (Å²) in [6, 6.07) is 16.3. The number of aryl methyl sites for hydroxylation is 1. The van der Waals surface area contributed by atoms with E-state index in [2.05, 4.69) is 0 Å². The normalized spacial score (nSPS) is 14.7. The van der Waals surface area contributed by atoms with Gasteiger partial charge in [-0.2, -0.15) is 0 Å². The van der Waals surface area contributed by atoms with Gasteiger partial charge in [0.05, 0.1) is 23.6 Å². The highest BCUT2D eigenvalue weighted by molar-refractivity contribution is 8.18. The Bertz CT molecular complexity index is 1320. The fourth-order valence-corrected chi connectivity index (χ4v) is 4.99. The Labute approximate surface area is 222 Å². The van der Waals surface area contributed by atoms with E-state index in [0.29, 0.717) is 44.3 Å². The molecule has 0 N–H and O–H groups in total. The fourth-order valence-electron chi connectivity index (χ4n) is 3.41. The van der Waals surface area contributed by atoms with E-state index in [-0.39, 0.29) is 16.7 Å². The first kappa shape index (κ1) is 25.5. The summed E-state index contributed by atoms with van der Waals surface area (Å²) in [4.78, 5) is 26.9. The number of methoxy groups -OCH3 is 1. The van der Waals surface area contributed by atoms with Crippen molar-refractivity contribution in [2.45, 2.75) is 20.1 Å². The lowest BCUT2D eigenvalue weighted by atomic mass is 10.1. The van der Waals surface area contributed by atoms with Crippen molar-refractivity contribution in [3.05, 3.63) is 96.8 Å². The number of hydrogen-bond donors (Lipinski definition) is 0. The van der Waals surface area contributed by atoms with Gasteiger partial charge in [-0.1, -0.05) is 70.7 Å². The zero-order valence-electron chi connectivity index (χ0n) is 18.8. The number of thioether (sulfide) groups is 1. The summed E-state index contributed by atoms with van der Waals surface area (Å²) in [5, 5.41) is 0.807. The van der Waals surface area contributed by atoms with Gasteiger partial charge in [-0.15, -0.1) is 0 Å². The summed E-state index contributed by atoms with van der Waals surface area (Å²) in [7, 11) is 1.51. The van der Waals surface area contributed by atoms with Crippen LogP contribution in [0.15, 0.2) is 59.5 Å². The molecule has 1 heterocycles. The second kappa shape index (κ2) is 11.0. The van der Waals surface area contributed by atoms with Crippen molar-refractivity contribution in [1.82, 2.24) is 4.90 Å². The van der Waals surface area contributed by atoms with Crippen LogP contribution in [0.1, 0.15) is 22.3 Å². The third-order valence-electron chi connectivity index (χ3n) is 5.27. The van der Waals surface area contributed by atoms with E-state index in [1.165, 1.54) is 7.11 Å². The fraction of sp³-hybridized carbons (Fsp3) is 0.154. The molecule has 4 rings (SSSR count). The van der Waals surface area contributed by atoms with E-state index in [0.717, 1.165) is 27.8 Å². The summed E-state index contributed by atoms with van der Waals surface area (Å²) >= 11 is 19.5. The van der Waals surface area contributed by atoms with E-state index in [9.17, 15) is 9.59 Å². The maximum atomic E-state index is 13.0. The van der Waals surface area contributed by atoms with Gasteiger partial charge >= 0.3 is 0 Å². The van der Waals surface area contributed by atoms with Crippen molar-refractivity contribution in [2.75, 3.05) is 7.11 Å². The Hall–Kier alpha value is -2.64. The van der Waals surface area contributed by atoms with Crippen LogP contribution in [0.5, 0.6) is 11.5 Å². The third kappa shape index (κ3) is 5.96. The van der Waals surface area contributed by atoms with Gasteiger partial charge in [0, 0.05) is 10.0 Å². The Kier molecular flexibility index (Phi) is 7.97. The first-order valence-electron chi connectivity index (χ1n) is 10.5. The Balaban J connectivity index is 1.53. The molecule has 0 aromatic heterocycles. The molecular weight excluding hydrogens is 529 g/mol. The van der Waals surface area contributed by atoms with Crippen LogP contribution in [0.4, 0.5) is 4.79 Å². The number of nitrogens with zero attached hydrogens (tertiary/aromatic N) is 1. The predicted octanol–water partition coefficient (Wildman–Crippen LogP) is 7.78. The highest BCUT2D eigenvalue weighted by Gasteiger charge is 2.35. The van der Waals surface area contributed by atoms with Gasteiger partial charge in [-0.05, 0) is 65.7 Å². The number of carbonyl (C=O) groups excluding carboxylic acids is 2. The van der Waals surface area contributed by atoms with E-state index in [4.69, 9.17) is 44.3 Å². The molecule has 1 aliphatic heterocycles. The number of ether oxygens (including phenoxy) is 2. The van der Waals surface area contributed by atoms with Gasteiger partial charge in [0.25, 0.3) is 11.1 Å². The molecule has 2 amide bonds. The van der Waals surface area contributed by atoms with Crippen LogP contribution in [0.3, 0.4) is 0 Å². The minimum atomic E-state index is -0.416. The number of imide groups is 1. The maximum Gasteiger partial charge on any atom is 0.293 e.